The van der Waals surface area contributed by atoms with Crippen molar-refractivity contribution < 1.29 is 27.7 Å². The van der Waals surface area contributed by atoms with E-state index in [4.69, 9.17) is 16.8 Å². The first-order chi connectivity index (χ1) is 31.4. The van der Waals surface area contributed by atoms with Crippen LogP contribution in [-0.2, 0) is 0 Å². The largest absolute Gasteiger partial charge is 0.455 e. The Morgan fingerprint density at radius 3 is 1.71 bits per heavy atom. The van der Waals surface area contributed by atoms with Crippen LogP contribution in [0.25, 0.3) is 98.8 Å². The minimum absolute atomic E-state index is 0.158. The van der Waals surface area contributed by atoms with Gasteiger partial charge in [-0.2, -0.15) is 0 Å². The molecule has 0 spiro atoms. The quantitative estimate of drug-likeness (QED) is 0.175. The fourth-order valence-electron chi connectivity index (χ4n) is 6.83. The maximum Gasteiger partial charge on any atom is 0.143 e. The van der Waals surface area contributed by atoms with E-state index in [1.54, 1.807) is 18.2 Å². The minimum atomic E-state index is -0.827. The van der Waals surface area contributed by atoms with Gasteiger partial charge < -0.3 is 4.42 Å². The van der Waals surface area contributed by atoms with Gasteiger partial charge in [0.2, 0.25) is 0 Å². The van der Waals surface area contributed by atoms with Gasteiger partial charge in [-0.1, -0.05) is 169 Å². The van der Waals surface area contributed by atoms with Gasteiger partial charge in [0.25, 0.3) is 0 Å². The molecular formula is C48H30O. The van der Waals surface area contributed by atoms with E-state index in [0.717, 1.165) is 27.3 Å². The number of hydrogen-bond acceptors (Lipinski definition) is 1. The SMILES string of the molecule is [2H]c1c([2H])c([2H])c(-c2c3c([2H])c([2H])c([2H])c([2H])c3c(-c3c([2H])c([2H])c([2H])c(-c4cccc5c4oc4cccc(-c6cccc7ccccc67)c45)c3[2H])c3c([2H])c([2H])c([2H])c([2H])c23)c([2H])c1[2H]. The lowest BCUT2D eigenvalue weighted by molar-refractivity contribution is 0.670. The third kappa shape index (κ3) is 4.33. The smallest absolute Gasteiger partial charge is 0.143 e. The molecule has 0 N–H and O–H groups in total. The summed E-state index contributed by atoms with van der Waals surface area (Å²) in [6.45, 7) is 0. The fraction of sp³-hybridized carbons (Fsp3) is 0. The maximum absolute atomic E-state index is 9.95. The Kier molecular flexibility index (Phi) is 3.54. The lowest BCUT2D eigenvalue weighted by Crippen LogP contribution is -1.91. The molecule has 1 nitrogen and oxygen atoms in total. The summed E-state index contributed by atoms with van der Waals surface area (Å²) >= 11 is 0. The van der Waals surface area contributed by atoms with Crippen molar-refractivity contribution in [2.75, 3.05) is 0 Å². The number of furan rings is 1. The second-order valence-electron chi connectivity index (χ2n) is 11.5. The van der Waals surface area contributed by atoms with Crippen molar-refractivity contribution in [1.82, 2.24) is 0 Å². The van der Waals surface area contributed by atoms with Crippen molar-refractivity contribution in [3.05, 3.63) is 182 Å². The predicted octanol–water partition coefficient (Wildman–Crippen LogP) is 13.7. The summed E-state index contributed by atoms with van der Waals surface area (Å²) in [5.41, 5.74) is 0.253. The van der Waals surface area contributed by atoms with Gasteiger partial charge in [0.1, 0.15) is 11.2 Å². The molecule has 0 aliphatic carbocycles. The van der Waals surface area contributed by atoms with E-state index in [2.05, 4.69) is 0 Å². The van der Waals surface area contributed by atoms with Crippen molar-refractivity contribution >= 4 is 54.3 Å². The first kappa shape index (κ1) is 15.6. The highest BCUT2D eigenvalue weighted by atomic mass is 16.3. The van der Waals surface area contributed by atoms with Gasteiger partial charge in [-0.25, -0.2) is 0 Å². The molecule has 9 aromatic carbocycles. The van der Waals surface area contributed by atoms with E-state index in [1.165, 1.54) is 0 Å². The zero-order chi connectivity index (χ0) is 47.1. The molecular weight excluding hydrogens is 593 g/mol. The normalized spacial score (nSPS) is 16.5. The second kappa shape index (κ2) is 11.1. The Labute approximate surface area is 308 Å². The molecule has 0 atom stereocenters. The summed E-state index contributed by atoms with van der Waals surface area (Å²) in [5, 5.41) is 1.26. The Balaban J connectivity index is 1.40. The van der Waals surface area contributed by atoms with Crippen molar-refractivity contribution in [1.29, 1.82) is 0 Å². The molecule has 228 valence electrons. The summed E-state index contributed by atoms with van der Waals surface area (Å²) in [4.78, 5) is 0. The van der Waals surface area contributed by atoms with Crippen LogP contribution in [0.15, 0.2) is 186 Å². The Morgan fingerprint density at radius 1 is 0.388 bits per heavy atom. The van der Waals surface area contributed by atoms with E-state index in [-0.39, 0.29) is 16.7 Å². The molecule has 0 aliphatic heterocycles. The number of benzene rings is 9. The third-order valence-electron chi connectivity index (χ3n) is 8.87. The van der Waals surface area contributed by atoms with Crippen LogP contribution in [0.3, 0.4) is 0 Å². The van der Waals surface area contributed by atoms with Crippen LogP contribution >= 0.6 is 0 Å². The maximum atomic E-state index is 9.95. The van der Waals surface area contributed by atoms with Crippen molar-refractivity contribution in [3.8, 4) is 44.5 Å². The summed E-state index contributed by atoms with van der Waals surface area (Å²) in [7, 11) is 0. The van der Waals surface area contributed by atoms with Crippen LogP contribution in [0, 0.1) is 0 Å². The van der Waals surface area contributed by atoms with Gasteiger partial charge in [0.15, 0.2) is 0 Å². The average molecular weight is 640 g/mol. The highest BCUT2D eigenvalue weighted by molar-refractivity contribution is 6.22. The molecule has 0 aliphatic rings. The first-order valence-corrected chi connectivity index (χ1v) is 15.5. The number of fused-ring (bicyclic) bond motifs is 6. The zero-order valence-corrected chi connectivity index (χ0v) is 25.4. The van der Waals surface area contributed by atoms with Crippen molar-refractivity contribution in [2.24, 2.45) is 0 Å². The van der Waals surface area contributed by atoms with E-state index in [0.29, 0.717) is 11.0 Å². The molecule has 1 heterocycles. The molecule has 1 aromatic heterocycles. The monoisotopic (exact) mass is 639 g/mol. The highest BCUT2D eigenvalue weighted by Gasteiger charge is 2.19. The molecule has 0 saturated heterocycles. The van der Waals surface area contributed by atoms with Gasteiger partial charge in [0, 0.05) is 16.3 Å². The van der Waals surface area contributed by atoms with Gasteiger partial charge in [0.05, 0.1) is 23.3 Å². The second-order valence-corrected chi connectivity index (χ2v) is 11.5. The number of rotatable bonds is 4. The minimum Gasteiger partial charge on any atom is -0.455 e. The Hall–Kier alpha value is -6.44. The fourth-order valence-corrected chi connectivity index (χ4v) is 6.83. The van der Waals surface area contributed by atoms with E-state index >= 15 is 0 Å². The molecule has 10 rings (SSSR count). The van der Waals surface area contributed by atoms with Crippen molar-refractivity contribution in [3.63, 3.8) is 0 Å². The molecule has 0 saturated carbocycles. The van der Waals surface area contributed by atoms with Gasteiger partial charge in [-0.3, -0.25) is 0 Å². The summed E-state index contributed by atoms with van der Waals surface area (Å²) in [6, 6.07) is 11.3. The van der Waals surface area contributed by atoms with Crippen LogP contribution in [0.5, 0.6) is 0 Å². The lowest BCUT2D eigenvalue weighted by Gasteiger charge is -2.18. The van der Waals surface area contributed by atoms with Crippen LogP contribution in [0.1, 0.15) is 23.3 Å². The highest BCUT2D eigenvalue weighted by Crippen LogP contribution is 2.46. The standard InChI is InChI=1S/C48H30O/c1-2-15-32(16-3-1)45-39-21-6-8-23-41(39)46(42-24-9-7-22-40(42)45)34-19-10-18-33(30-34)36-25-12-28-43-47-38(27-13-29-44(47)49-48(36)43)37-26-11-17-31-14-4-5-20-35(31)37/h1-30H/i1D,2D,3D,6D,7D,8D,9D,10D,15D,16D,18D,19D,21D,22D,23D,24D,30D. The van der Waals surface area contributed by atoms with Gasteiger partial charge in [-0.05, 0) is 83.4 Å². The topological polar surface area (TPSA) is 13.1 Å². The van der Waals surface area contributed by atoms with Crippen LogP contribution in [0.2, 0.25) is 0 Å². The Bertz CT molecular complexity index is 3740. The molecule has 10 aromatic rings. The number of hydrogen-bond donors (Lipinski definition) is 0. The zero-order valence-electron chi connectivity index (χ0n) is 42.4. The molecule has 0 bridgehead atoms. The molecule has 0 fully saturated rings. The summed E-state index contributed by atoms with van der Waals surface area (Å²) in [6.07, 6.45) is 0. The first-order valence-electron chi connectivity index (χ1n) is 24.0. The van der Waals surface area contributed by atoms with Crippen molar-refractivity contribution in [2.45, 2.75) is 0 Å². The van der Waals surface area contributed by atoms with Crippen LogP contribution in [-0.4, -0.2) is 0 Å². The summed E-state index contributed by atoms with van der Waals surface area (Å²) < 4.78 is 160. The number of para-hydroxylation sites is 1. The Morgan fingerprint density at radius 2 is 0.939 bits per heavy atom. The van der Waals surface area contributed by atoms with Gasteiger partial charge in [-0.15, -0.1) is 0 Å². The van der Waals surface area contributed by atoms with E-state index in [9.17, 15) is 11.0 Å². The molecule has 0 radical (unpaired) electrons. The predicted molar refractivity (Wildman–Crippen MR) is 208 cm³/mol. The van der Waals surface area contributed by atoms with Crippen LogP contribution in [0.4, 0.5) is 0 Å². The molecule has 1 heteroatoms. The van der Waals surface area contributed by atoms with Gasteiger partial charge >= 0.3 is 0 Å². The third-order valence-corrected chi connectivity index (χ3v) is 8.87. The summed E-state index contributed by atoms with van der Waals surface area (Å²) in [5.74, 6) is 0. The molecule has 0 unspecified atom stereocenters. The lowest BCUT2D eigenvalue weighted by atomic mass is 9.85. The molecule has 0 amide bonds. The van der Waals surface area contributed by atoms with Crippen LogP contribution < -0.4 is 0 Å². The average Bonchev–Trinajstić information content (AvgIpc) is 3.71. The molecule has 49 heavy (non-hydrogen) atoms. The van der Waals surface area contributed by atoms with E-state index in [1.807, 2.05) is 60.7 Å². The van der Waals surface area contributed by atoms with E-state index < -0.39 is 147 Å².